The molecule has 0 atom stereocenters. The van der Waals surface area contributed by atoms with Crippen LogP contribution in [-0.2, 0) is 0 Å². The Morgan fingerprint density at radius 2 is 1.81 bits per heavy atom. The fraction of sp³-hybridized carbons (Fsp3) is 0.133. The molecule has 0 aliphatic heterocycles. The summed E-state index contributed by atoms with van der Waals surface area (Å²) < 4.78 is 24.7. The van der Waals surface area contributed by atoms with Crippen molar-refractivity contribution in [2.45, 2.75) is 0 Å². The van der Waals surface area contributed by atoms with Crippen molar-refractivity contribution in [3.63, 3.8) is 0 Å². The lowest BCUT2D eigenvalue weighted by Crippen LogP contribution is -1.93. The highest BCUT2D eigenvalue weighted by Crippen LogP contribution is 2.37. The Hall–Kier alpha value is -2.08. The molecule has 0 saturated heterocycles. The van der Waals surface area contributed by atoms with E-state index < -0.39 is 0 Å². The van der Waals surface area contributed by atoms with Gasteiger partial charge in [-0.2, -0.15) is 0 Å². The smallest absolute Gasteiger partial charge is 0.146 e. The molecule has 1 N–H and O–H groups in total. The average molecular weight is 351 g/mol. The third kappa shape index (κ3) is 2.35. The molecule has 3 aromatic rings. The van der Waals surface area contributed by atoms with E-state index in [9.17, 15) is 4.39 Å². The largest absolute Gasteiger partial charge is 0.496 e. The van der Waals surface area contributed by atoms with Crippen LogP contribution in [0.5, 0.6) is 11.5 Å². The van der Waals surface area contributed by atoms with Crippen LogP contribution in [0.1, 0.15) is 0 Å². The third-order valence-electron chi connectivity index (χ3n) is 3.19. The van der Waals surface area contributed by atoms with E-state index in [0.717, 1.165) is 0 Å². The number of halogens is 2. The number of benzene rings is 2. The molecule has 0 aliphatic rings. The van der Waals surface area contributed by atoms with E-state index in [1.54, 1.807) is 20.3 Å². The predicted octanol–water partition coefficient (Wildman–Crippen LogP) is 4.15. The first-order chi connectivity index (χ1) is 10.1. The highest BCUT2D eigenvalue weighted by atomic mass is 79.9. The van der Waals surface area contributed by atoms with Gasteiger partial charge in [-0.15, -0.1) is 0 Å². The molecule has 2 aromatic carbocycles. The number of nitrogens with one attached hydrogen (secondary N) is 1. The Labute approximate surface area is 129 Å². The van der Waals surface area contributed by atoms with Gasteiger partial charge in [-0.3, -0.25) is 0 Å². The van der Waals surface area contributed by atoms with E-state index in [1.165, 1.54) is 6.07 Å². The maximum absolute atomic E-state index is 13.6. The number of aromatic amines is 1. The van der Waals surface area contributed by atoms with E-state index in [-0.39, 0.29) is 5.82 Å². The van der Waals surface area contributed by atoms with E-state index in [2.05, 4.69) is 25.9 Å². The summed E-state index contributed by atoms with van der Waals surface area (Å²) in [6, 6.07) is 8.51. The monoisotopic (exact) mass is 350 g/mol. The molecule has 6 heteroatoms. The van der Waals surface area contributed by atoms with Crippen molar-refractivity contribution in [2.75, 3.05) is 14.2 Å². The number of imidazole rings is 1. The van der Waals surface area contributed by atoms with Gasteiger partial charge in [-0.1, -0.05) is 6.07 Å². The molecular weight excluding hydrogens is 339 g/mol. The topological polar surface area (TPSA) is 47.1 Å². The van der Waals surface area contributed by atoms with Crippen LogP contribution in [0.2, 0.25) is 0 Å². The SMILES string of the molecule is COc1cccc(OC)c1-c1nc2cc(Br)c(F)cc2[nH]1. The number of ether oxygens (including phenoxy) is 2. The Balaban J connectivity index is 2.25. The first-order valence-electron chi connectivity index (χ1n) is 6.20. The van der Waals surface area contributed by atoms with Crippen molar-refractivity contribution in [2.24, 2.45) is 0 Å². The van der Waals surface area contributed by atoms with Gasteiger partial charge >= 0.3 is 0 Å². The number of aromatic nitrogens is 2. The van der Waals surface area contributed by atoms with Gasteiger partial charge in [0.2, 0.25) is 0 Å². The van der Waals surface area contributed by atoms with Crippen LogP contribution in [0, 0.1) is 5.82 Å². The number of nitrogens with zero attached hydrogens (tertiary/aromatic N) is 1. The van der Waals surface area contributed by atoms with Gasteiger partial charge < -0.3 is 14.5 Å². The molecule has 108 valence electrons. The van der Waals surface area contributed by atoms with Crippen molar-refractivity contribution in [3.05, 3.63) is 40.6 Å². The summed E-state index contributed by atoms with van der Waals surface area (Å²) in [5.74, 6) is 1.49. The van der Waals surface area contributed by atoms with Crippen LogP contribution in [-0.4, -0.2) is 24.2 Å². The number of methoxy groups -OCH3 is 2. The van der Waals surface area contributed by atoms with Gasteiger partial charge in [-0.25, -0.2) is 9.37 Å². The summed E-state index contributed by atoms with van der Waals surface area (Å²) in [7, 11) is 3.16. The minimum atomic E-state index is -0.343. The lowest BCUT2D eigenvalue weighted by molar-refractivity contribution is 0.397. The van der Waals surface area contributed by atoms with Crippen molar-refractivity contribution in [1.82, 2.24) is 9.97 Å². The van der Waals surface area contributed by atoms with E-state index in [1.807, 2.05) is 18.2 Å². The van der Waals surface area contributed by atoms with Gasteiger partial charge in [0.1, 0.15) is 28.7 Å². The van der Waals surface area contributed by atoms with Gasteiger partial charge in [0.15, 0.2) is 0 Å². The van der Waals surface area contributed by atoms with Crippen LogP contribution in [0.3, 0.4) is 0 Å². The van der Waals surface area contributed by atoms with E-state index in [4.69, 9.17) is 9.47 Å². The Morgan fingerprint density at radius 1 is 1.14 bits per heavy atom. The molecule has 3 rings (SSSR count). The second-order valence-corrected chi connectivity index (χ2v) is 5.26. The first-order valence-corrected chi connectivity index (χ1v) is 6.99. The van der Waals surface area contributed by atoms with Crippen LogP contribution in [0.25, 0.3) is 22.4 Å². The molecular formula is C15H12BrFN2O2. The number of fused-ring (bicyclic) bond motifs is 1. The second-order valence-electron chi connectivity index (χ2n) is 4.41. The zero-order valence-electron chi connectivity index (χ0n) is 11.4. The molecule has 0 radical (unpaired) electrons. The van der Waals surface area contributed by atoms with Crippen molar-refractivity contribution < 1.29 is 13.9 Å². The number of hydrogen-bond donors (Lipinski definition) is 1. The number of hydrogen-bond acceptors (Lipinski definition) is 3. The average Bonchev–Trinajstić information content (AvgIpc) is 2.89. The van der Waals surface area contributed by atoms with Crippen LogP contribution in [0.15, 0.2) is 34.8 Å². The van der Waals surface area contributed by atoms with Crippen LogP contribution >= 0.6 is 15.9 Å². The molecule has 0 saturated carbocycles. The third-order valence-corrected chi connectivity index (χ3v) is 3.80. The highest BCUT2D eigenvalue weighted by Gasteiger charge is 2.16. The standard InChI is InChI=1S/C15H12BrFN2O2/c1-20-12-4-3-5-13(21-2)14(12)15-18-10-6-8(16)9(17)7-11(10)19-15/h3-7H,1-2H3,(H,18,19). The lowest BCUT2D eigenvalue weighted by Gasteiger charge is -2.10. The summed E-state index contributed by atoms with van der Waals surface area (Å²) >= 11 is 3.16. The van der Waals surface area contributed by atoms with Gasteiger partial charge in [0.05, 0.1) is 29.7 Å². The Morgan fingerprint density at radius 3 is 2.43 bits per heavy atom. The summed E-state index contributed by atoms with van der Waals surface area (Å²) in [6.45, 7) is 0. The summed E-state index contributed by atoms with van der Waals surface area (Å²) in [5.41, 5.74) is 1.97. The van der Waals surface area contributed by atoms with Crippen LogP contribution in [0.4, 0.5) is 4.39 Å². The van der Waals surface area contributed by atoms with Gasteiger partial charge in [-0.05, 0) is 34.1 Å². The molecule has 0 fully saturated rings. The predicted molar refractivity (Wildman–Crippen MR) is 82.3 cm³/mol. The minimum absolute atomic E-state index is 0.343. The first kappa shape index (κ1) is 13.9. The van der Waals surface area contributed by atoms with Gasteiger partial charge in [0, 0.05) is 6.07 Å². The Bertz CT molecular complexity index is 756. The molecule has 0 spiro atoms. The molecule has 21 heavy (non-hydrogen) atoms. The zero-order chi connectivity index (χ0) is 15.0. The molecule has 1 heterocycles. The zero-order valence-corrected chi connectivity index (χ0v) is 13.0. The van der Waals surface area contributed by atoms with E-state index >= 15 is 0 Å². The fourth-order valence-corrected chi connectivity index (χ4v) is 2.54. The maximum atomic E-state index is 13.6. The summed E-state index contributed by atoms with van der Waals surface area (Å²) in [4.78, 5) is 7.59. The van der Waals surface area contributed by atoms with Crippen LogP contribution < -0.4 is 9.47 Å². The van der Waals surface area contributed by atoms with E-state index in [0.29, 0.717) is 38.4 Å². The quantitative estimate of drug-likeness (QED) is 0.771. The summed E-state index contributed by atoms with van der Waals surface area (Å²) in [6.07, 6.45) is 0. The minimum Gasteiger partial charge on any atom is -0.496 e. The lowest BCUT2D eigenvalue weighted by atomic mass is 10.1. The van der Waals surface area contributed by atoms with Crippen molar-refractivity contribution in [1.29, 1.82) is 0 Å². The molecule has 0 aliphatic carbocycles. The maximum Gasteiger partial charge on any atom is 0.146 e. The fourth-order valence-electron chi connectivity index (χ4n) is 2.21. The highest BCUT2D eigenvalue weighted by molar-refractivity contribution is 9.10. The van der Waals surface area contributed by atoms with Crippen molar-refractivity contribution in [3.8, 4) is 22.9 Å². The van der Waals surface area contributed by atoms with Gasteiger partial charge in [0.25, 0.3) is 0 Å². The number of H-pyrrole nitrogens is 1. The normalized spacial score (nSPS) is 10.9. The summed E-state index contributed by atoms with van der Waals surface area (Å²) in [5, 5.41) is 0. The molecule has 1 aromatic heterocycles. The molecule has 0 amide bonds. The second kappa shape index (κ2) is 5.37. The molecule has 4 nitrogen and oxygen atoms in total. The number of rotatable bonds is 3. The Kier molecular flexibility index (Phi) is 3.55. The van der Waals surface area contributed by atoms with Crippen molar-refractivity contribution >= 4 is 27.0 Å². The molecule has 0 bridgehead atoms. The molecule has 0 unspecified atom stereocenters.